The molecule has 0 saturated heterocycles. The van der Waals surface area contributed by atoms with Gasteiger partial charge in [-0.25, -0.2) is 10.4 Å². The summed E-state index contributed by atoms with van der Waals surface area (Å²) in [6.07, 6.45) is 1.66. The second-order valence-corrected chi connectivity index (χ2v) is 6.18. The predicted molar refractivity (Wildman–Crippen MR) is 104 cm³/mol. The van der Waals surface area contributed by atoms with E-state index in [0.29, 0.717) is 22.8 Å². The first-order valence-electron chi connectivity index (χ1n) is 8.03. The molecule has 2 aromatic carbocycles. The summed E-state index contributed by atoms with van der Waals surface area (Å²) in [5.74, 6) is 1.18. The highest BCUT2D eigenvalue weighted by Gasteiger charge is 2.09. The lowest BCUT2D eigenvalue weighted by atomic mass is 10.2. The van der Waals surface area contributed by atoms with Gasteiger partial charge in [-0.3, -0.25) is 0 Å². The number of imidazole rings is 1. The average Bonchev–Trinajstić information content (AvgIpc) is 2.96. The molecule has 0 amide bonds. The van der Waals surface area contributed by atoms with Gasteiger partial charge in [0, 0.05) is 6.54 Å². The maximum Gasteiger partial charge on any atom is 0.224 e. The summed E-state index contributed by atoms with van der Waals surface area (Å²) in [6.45, 7) is 5.19. The van der Waals surface area contributed by atoms with Crippen molar-refractivity contribution in [3.8, 4) is 11.5 Å². The Kier molecular flexibility index (Phi) is 5.23. The number of halogens is 1. The first-order valence-corrected chi connectivity index (χ1v) is 8.83. The molecule has 3 aromatic rings. The van der Waals surface area contributed by atoms with Crippen molar-refractivity contribution >= 4 is 39.1 Å². The van der Waals surface area contributed by atoms with Crippen molar-refractivity contribution in [1.82, 2.24) is 9.55 Å². The van der Waals surface area contributed by atoms with Gasteiger partial charge in [-0.2, -0.15) is 5.10 Å². The lowest BCUT2D eigenvalue weighted by molar-refractivity contribution is 0.317. The highest BCUT2D eigenvalue weighted by atomic mass is 79.9. The molecule has 0 bridgehead atoms. The van der Waals surface area contributed by atoms with E-state index < -0.39 is 0 Å². The molecule has 0 saturated carbocycles. The van der Waals surface area contributed by atoms with Crippen molar-refractivity contribution in [3.63, 3.8) is 0 Å². The van der Waals surface area contributed by atoms with Crippen LogP contribution in [0.15, 0.2) is 46.0 Å². The van der Waals surface area contributed by atoms with E-state index in [2.05, 4.69) is 42.9 Å². The Morgan fingerprint density at radius 1 is 1.32 bits per heavy atom. The first-order chi connectivity index (χ1) is 12.1. The lowest BCUT2D eigenvalue weighted by Gasteiger charge is -2.08. The van der Waals surface area contributed by atoms with Crippen molar-refractivity contribution in [3.05, 3.63) is 46.4 Å². The lowest BCUT2D eigenvalue weighted by Crippen LogP contribution is -2.02. The fraction of sp³-hybridized carbons (Fsp3) is 0.222. The molecule has 0 radical (unpaired) electrons. The molecule has 7 heteroatoms. The third-order valence-electron chi connectivity index (χ3n) is 3.70. The van der Waals surface area contributed by atoms with Gasteiger partial charge in [-0.05, 0) is 59.6 Å². The summed E-state index contributed by atoms with van der Waals surface area (Å²) in [7, 11) is 0. The van der Waals surface area contributed by atoms with Gasteiger partial charge in [0.15, 0.2) is 11.5 Å². The number of ether oxygens (including phenoxy) is 1. The van der Waals surface area contributed by atoms with Crippen LogP contribution in [0.5, 0.6) is 11.5 Å². The van der Waals surface area contributed by atoms with Crippen LogP contribution in [0, 0.1) is 0 Å². The van der Waals surface area contributed by atoms with Crippen molar-refractivity contribution in [2.75, 3.05) is 12.0 Å². The van der Waals surface area contributed by atoms with Crippen LogP contribution >= 0.6 is 15.9 Å². The molecule has 0 aliphatic rings. The Hall–Kier alpha value is -2.54. The number of hydrogen-bond acceptors (Lipinski definition) is 5. The standard InChI is InChI=1S/C18H19BrN4O2/c1-3-23-15-8-6-5-7-14(15)21-18(23)22-20-11-12-9-13(19)17(24)16(10-12)25-4-2/h5-11,24H,3-4H2,1-2H3,(H,21,22)/b20-11-. The number of benzene rings is 2. The minimum absolute atomic E-state index is 0.0831. The third-order valence-corrected chi connectivity index (χ3v) is 4.30. The van der Waals surface area contributed by atoms with Crippen LogP contribution in [0.1, 0.15) is 19.4 Å². The molecular formula is C18H19BrN4O2. The van der Waals surface area contributed by atoms with Gasteiger partial charge < -0.3 is 14.4 Å². The Morgan fingerprint density at radius 2 is 2.12 bits per heavy atom. The van der Waals surface area contributed by atoms with E-state index in [1.54, 1.807) is 18.3 Å². The van der Waals surface area contributed by atoms with E-state index in [0.717, 1.165) is 23.1 Å². The largest absolute Gasteiger partial charge is 0.503 e. The van der Waals surface area contributed by atoms with Crippen LogP contribution < -0.4 is 10.2 Å². The number of anilines is 1. The highest BCUT2D eigenvalue weighted by Crippen LogP contribution is 2.35. The van der Waals surface area contributed by atoms with Crippen molar-refractivity contribution < 1.29 is 9.84 Å². The van der Waals surface area contributed by atoms with Gasteiger partial charge in [0.05, 0.1) is 28.3 Å². The summed E-state index contributed by atoms with van der Waals surface area (Å²) >= 11 is 3.32. The van der Waals surface area contributed by atoms with E-state index in [-0.39, 0.29) is 5.75 Å². The average molecular weight is 403 g/mol. The molecule has 0 spiro atoms. The number of phenols is 1. The smallest absolute Gasteiger partial charge is 0.224 e. The van der Waals surface area contributed by atoms with Gasteiger partial charge >= 0.3 is 0 Å². The number of fused-ring (bicyclic) bond motifs is 1. The molecule has 0 aliphatic carbocycles. The highest BCUT2D eigenvalue weighted by molar-refractivity contribution is 9.10. The molecule has 0 aliphatic heterocycles. The fourth-order valence-electron chi connectivity index (χ4n) is 2.58. The number of hydrogen-bond donors (Lipinski definition) is 2. The number of aryl methyl sites for hydroxylation is 1. The van der Waals surface area contributed by atoms with E-state index in [9.17, 15) is 5.11 Å². The van der Waals surface area contributed by atoms with Crippen LogP contribution in [0.2, 0.25) is 0 Å². The van der Waals surface area contributed by atoms with E-state index in [1.807, 2.05) is 31.2 Å². The summed E-state index contributed by atoms with van der Waals surface area (Å²) in [4.78, 5) is 4.56. The first kappa shape index (κ1) is 17.3. The van der Waals surface area contributed by atoms with E-state index >= 15 is 0 Å². The van der Waals surface area contributed by atoms with Crippen molar-refractivity contribution in [1.29, 1.82) is 0 Å². The zero-order valence-electron chi connectivity index (χ0n) is 14.0. The molecule has 3 rings (SSSR count). The molecule has 1 aromatic heterocycles. The molecule has 0 fully saturated rings. The number of hydrazone groups is 1. The van der Waals surface area contributed by atoms with Crippen LogP contribution in [0.4, 0.5) is 5.95 Å². The SMILES string of the molecule is CCOc1cc(/C=N\Nc2nc3ccccc3n2CC)cc(Br)c1O. The Labute approximate surface area is 154 Å². The quantitative estimate of drug-likeness (QED) is 0.474. The fourth-order valence-corrected chi connectivity index (χ4v) is 3.04. The van der Waals surface area contributed by atoms with Gasteiger partial charge in [-0.15, -0.1) is 0 Å². The Morgan fingerprint density at radius 3 is 2.88 bits per heavy atom. The molecule has 1 heterocycles. The third kappa shape index (κ3) is 3.61. The second kappa shape index (κ2) is 7.57. The second-order valence-electron chi connectivity index (χ2n) is 5.32. The van der Waals surface area contributed by atoms with E-state index in [4.69, 9.17) is 4.74 Å². The number of para-hydroxylation sites is 2. The number of aromatic hydroxyl groups is 1. The molecule has 2 N–H and O–H groups in total. The number of rotatable bonds is 6. The predicted octanol–water partition coefficient (Wildman–Crippen LogP) is 4.37. The number of nitrogens with zero attached hydrogens (tertiary/aromatic N) is 3. The van der Waals surface area contributed by atoms with Crippen LogP contribution in [-0.2, 0) is 6.54 Å². The molecular weight excluding hydrogens is 384 g/mol. The Balaban J connectivity index is 1.84. The molecule has 25 heavy (non-hydrogen) atoms. The van der Waals surface area contributed by atoms with Gasteiger partial charge in [0.2, 0.25) is 5.95 Å². The molecule has 0 atom stereocenters. The topological polar surface area (TPSA) is 71.7 Å². The normalized spacial score (nSPS) is 11.3. The summed E-state index contributed by atoms with van der Waals surface area (Å²) in [5.41, 5.74) is 5.77. The maximum absolute atomic E-state index is 9.96. The summed E-state index contributed by atoms with van der Waals surface area (Å²) in [6, 6.07) is 11.5. The Bertz CT molecular complexity index is 921. The minimum atomic E-state index is 0.0831. The molecule has 6 nitrogen and oxygen atoms in total. The number of phenolic OH excluding ortho intramolecular Hbond substituents is 1. The zero-order chi connectivity index (χ0) is 17.8. The summed E-state index contributed by atoms with van der Waals surface area (Å²) in [5, 5.41) is 14.2. The number of aromatic nitrogens is 2. The minimum Gasteiger partial charge on any atom is -0.503 e. The number of nitrogens with one attached hydrogen (secondary N) is 1. The van der Waals surface area contributed by atoms with Crippen LogP contribution in [0.25, 0.3) is 11.0 Å². The van der Waals surface area contributed by atoms with Crippen LogP contribution in [0.3, 0.4) is 0 Å². The maximum atomic E-state index is 9.96. The van der Waals surface area contributed by atoms with Crippen LogP contribution in [-0.4, -0.2) is 27.5 Å². The zero-order valence-corrected chi connectivity index (χ0v) is 15.6. The van der Waals surface area contributed by atoms with Crippen molar-refractivity contribution in [2.45, 2.75) is 20.4 Å². The van der Waals surface area contributed by atoms with Gasteiger partial charge in [0.1, 0.15) is 0 Å². The van der Waals surface area contributed by atoms with Crippen molar-refractivity contribution in [2.24, 2.45) is 5.10 Å². The molecule has 0 unspecified atom stereocenters. The van der Waals surface area contributed by atoms with Gasteiger partial charge in [-0.1, -0.05) is 12.1 Å². The van der Waals surface area contributed by atoms with Gasteiger partial charge in [0.25, 0.3) is 0 Å². The summed E-state index contributed by atoms with van der Waals surface area (Å²) < 4.78 is 8.04. The molecule has 130 valence electrons. The monoisotopic (exact) mass is 402 g/mol. The van der Waals surface area contributed by atoms with E-state index in [1.165, 1.54) is 0 Å².